The predicted molar refractivity (Wildman–Crippen MR) is 69.7 cm³/mol. The Morgan fingerprint density at radius 1 is 1.29 bits per heavy atom. The van der Waals surface area contributed by atoms with Crippen molar-refractivity contribution in [3.8, 4) is 5.69 Å². The Balaban J connectivity index is 2.61. The van der Waals surface area contributed by atoms with Gasteiger partial charge in [0.1, 0.15) is 6.33 Å². The van der Waals surface area contributed by atoms with Crippen molar-refractivity contribution < 1.29 is 0 Å². The summed E-state index contributed by atoms with van der Waals surface area (Å²) < 4.78 is 1.39. The van der Waals surface area contributed by atoms with Crippen LogP contribution in [-0.4, -0.2) is 9.55 Å². The molecule has 1 aromatic heterocycles. The van der Waals surface area contributed by atoms with Crippen LogP contribution >= 0.6 is 23.2 Å². The van der Waals surface area contributed by atoms with Gasteiger partial charge in [0.15, 0.2) is 0 Å². The molecule has 1 heterocycles. The van der Waals surface area contributed by atoms with Gasteiger partial charge in [-0.3, -0.25) is 9.36 Å². The van der Waals surface area contributed by atoms with Crippen LogP contribution in [0.25, 0.3) is 10.7 Å². The van der Waals surface area contributed by atoms with Crippen LogP contribution in [0.3, 0.4) is 0 Å². The van der Waals surface area contributed by atoms with E-state index in [0.717, 1.165) is 0 Å². The summed E-state index contributed by atoms with van der Waals surface area (Å²) in [4.78, 5) is 16.0. The maximum Gasteiger partial charge on any atom is 0.266 e. The fourth-order valence-electron chi connectivity index (χ4n) is 1.38. The third-order valence-electron chi connectivity index (χ3n) is 2.23. The van der Waals surface area contributed by atoms with Gasteiger partial charge >= 0.3 is 0 Å². The minimum atomic E-state index is -0.262. The highest BCUT2D eigenvalue weighted by molar-refractivity contribution is 6.48. The molecule has 0 fully saturated rings. The van der Waals surface area contributed by atoms with E-state index < -0.39 is 0 Å². The van der Waals surface area contributed by atoms with E-state index in [1.54, 1.807) is 24.3 Å². The average Bonchev–Trinajstić information content (AvgIpc) is 2.30. The number of benzene rings is 1. The van der Waals surface area contributed by atoms with Crippen molar-refractivity contribution in [2.75, 3.05) is 0 Å². The summed E-state index contributed by atoms with van der Waals surface area (Å²) in [6.45, 7) is 3.53. The van der Waals surface area contributed by atoms with Crippen LogP contribution < -0.4 is 5.56 Å². The maximum absolute atomic E-state index is 12.0. The van der Waals surface area contributed by atoms with E-state index in [4.69, 9.17) is 23.2 Å². The van der Waals surface area contributed by atoms with E-state index in [1.165, 1.54) is 17.1 Å². The number of rotatable bonds is 2. The first-order valence-electron chi connectivity index (χ1n) is 4.77. The number of halogens is 2. The highest BCUT2D eigenvalue weighted by Crippen LogP contribution is 2.14. The van der Waals surface area contributed by atoms with Gasteiger partial charge in [-0.1, -0.05) is 29.8 Å². The minimum Gasteiger partial charge on any atom is -0.268 e. The van der Waals surface area contributed by atoms with Gasteiger partial charge in [-0.15, -0.1) is 0 Å². The fourth-order valence-corrected chi connectivity index (χ4v) is 1.64. The average molecular weight is 267 g/mol. The Morgan fingerprint density at radius 2 is 1.94 bits per heavy atom. The normalized spacial score (nSPS) is 10.2. The third kappa shape index (κ3) is 2.40. The molecule has 1 aromatic carbocycles. The van der Waals surface area contributed by atoms with Crippen molar-refractivity contribution in [1.29, 1.82) is 0 Å². The van der Waals surface area contributed by atoms with E-state index in [2.05, 4.69) is 11.6 Å². The molecule has 86 valence electrons. The van der Waals surface area contributed by atoms with Crippen molar-refractivity contribution in [3.63, 3.8) is 0 Å². The molecule has 0 amide bonds. The van der Waals surface area contributed by atoms with E-state index >= 15 is 0 Å². The molecule has 0 unspecified atom stereocenters. The molecule has 3 nitrogen and oxygen atoms in total. The number of nitrogens with zero attached hydrogens (tertiary/aromatic N) is 2. The summed E-state index contributed by atoms with van der Waals surface area (Å²) in [5, 5.41) is 0.776. The number of hydrogen-bond acceptors (Lipinski definition) is 2. The first kappa shape index (κ1) is 11.9. The monoisotopic (exact) mass is 266 g/mol. The zero-order chi connectivity index (χ0) is 12.4. The SMILES string of the molecule is C=C(Cl)c1cncn(-c2ccc(Cl)cc2)c1=O. The number of hydrogen-bond donors (Lipinski definition) is 0. The third-order valence-corrected chi connectivity index (χ3v) is 2.69. The molecule has 0 aliphatic rings. The first-order chi connectivity index (χ1) is 8.09. The molecule has 0 atom stereocenters. The van der Waals surface area contributed by atoms with Crippen LogP contribution in [0.1, 0.15) is 5.56 Å². The highest BCUT2D eigenvalue weighted by atomic mass is 35.5. The fraction of sp³-hybridized carbons (Fsp3) is 0. The largest absolute Gasteiger partial charge is 0.268 e. The Hall–Kier alpha value is -1.58. The van der Waals surface area contributed by atoms with Crippen molar-refractivity contribution >= 4 is 28.2 Å². The van der Waals surface area contributed by atoms with E-state index in [9.17, 15) is 4.79 Å². The zero-order valence-electron chi connectivity index (χ0n) is 8.73. The Bertz CT molecular complexity index is 617. The quantitative estimate of drug-likeness (QED) is 0.838. The first-order valence-corrected chi connectivity index (χ1v) is 5.52. The molecule has 0 saturated carbocycles. The lowest BCUT2D eigenvalue weighted by atomic mass is 10.3. The Kier molecular flexibility index (Phi) is 3.31. The lowest BCUT2D eigenvalue weighted by Crippen LogP contribution is -2.21. The molecule has 0 aliphatic heterocycles. The van der Waals surface area contributed by atoms with Gasteiger partial charge in [0.2, 0.25) is 0 Å². The van der Waals surface area contributed by atoms with E-state index in [-0.39, 0.29) is 16.2 Å². The standard InChI is InChI=1S/C12H8Cl2N2O/c1-8(13)11-6-15-7-16(12(11)17)10-4-2-9(14)3-5-10/h2-7H,1H2. The van der Waals surface area contributed by atoms with Crippen LogP contribution in [0.4, 0.5) is 0 Å². The molecule has 2 aromatic rings. The maximum atomic E-state index is 12.0. The molecule has 0 N–H and O–H groups in total. The minimum absolute atomic E-state index is 0.172. The number of aromatic nitrogens is 2. The lowest BCUT2D eigenvalue weighted by molar-refractivity contribution is 0.930. The Morgan fingerprint density at radius 3 is 2.53 bits per heavy atom. The van der Waals surface area contributed by atoms with Gasteiger partial charge in [0.05, 0.1) is 11.3 Å². The van der Waals surface area contributed by atoms with Gasteiger partial charge in [-0.2, -0.15) is 0 Å². The predicted octanol–water partition coefficient (Wildman–Crippen LogP) is 3.10. The van der Waals surface area contributed by atoms with Gasteiger partial charge in [-0.05, 0) is 24.3 Å². The second kappa shape index (κ2) is 4.73. The molecule has 0 saturated heterocycles. The topological polar surface area (TPSA) is 34.9 Å². The summed E-state index contributed by atoms with van der Waals surface area (Å²) in [7, 11) is 0. The summed E-state index contributed by atoms with van der Waals surface area (Å²) in [6.07, 6.45) is 2.82. The van der Waals surface area contributed by atoms with E-state index in [1.807, 2.05) is 0 Å². The van der Waals surface area contributed by atoms with Crippen LogP contribution in [0.5, 0.6) is 0 Å². The lowest BCUT2D eigenvalue weighted by Gasteiger charge is -2.06. The molecule has 0 aliphatic carbocycles. The van der Waals surface area contributed by atoms with Crippen molar-refractivity contribution in [2.24, 2.45) is 0 Å². The van der Waals surface area contributed by atoms with E-state index in [0.29, 0.717) is 10.7 Å². The van der Waals surface area contributed by atoms with Crippen LogP contribution in [0, 0.1) is 0 Å². The summed E-state index contributed by atoms with van der Waals surface area (Å²) in [5.41, 5.74) is 0.693. The van der Waals surface area contributed by atoms with Gasteiger partial charge in [0.25, 0.3) is 5.56 Å². The second-order valence-electron chi connectivity index (χ2n) is 3.36. The van der Waals surface area contributed by atoms with Gasteiger partial charge in [-0.25, -0.2) is 4.98 Å². The molecule has 5 heteroatoms. The molecular weight excluding hydrogens is 259 g/mol. The summed E-state index contributed by atoms with van der Waals surface area (Å²) in [6, 6.07) is 6.86. The van der Waals surface area contributed by atoms with Crippen LogP contribution in [0.15, 0.2) is 48.2 Å². The van der Waals surface area contributed by atoms with Crippen molar-refractivity contribution in [1.82, 2.24) is 9.55 Å². The van der Waals surface area contributed by atoms with Crippen molar-refractivity contribution in [2.45, 2.75) is 0 Å². The van der Waals surface area contributed by atoms with Crippen molar-refractivity contribution in [3.05, 3.63) is 64.3 Å². The second-order valence-corrected chi connectivity index (χ2v) is 4.26. The van der Waals surface area contributed by atoms with Crippen LogP contribution in [-0.2, 0) is 0 Å². The smallest absolute Gasteiger partial charge is 0.266 e. The molecule has 0 bridgehead atoms. The molecule has 17 heavy (non-hydrogen) atoms. The summed E-state index contributed by atoms with van der Waals surface area (Å²) in [5.74, 6) is 0. The van der Waals surface area contributed by atoms with Gasteiger partial charge in [0, 0.05) is 16.3 Å². The highest BCUT2D eigenvalue weighted by Gasteiger charge is 2.07. The molecule has 0 radical (unpaired) electrons. The zero-order valence-corrected chi connectivity index (χ0v) is 10.2. The van der Waals surface area contributed by atoms with Gasteiger partial charge < -0.3 is 0 Å². The summed E-state index contributed by atoms with van der Waals surface area (Å²) >= 11 is 11.5. The molecule has 2 rings (SSSR count). The molecular formula is C12H8Cl2N2O. The Labute approximate surface area is 108 Å². The van der Waals surface area contributed by atoms with Crippen LogP contribution in [0.2, 0.25) is 5.02 Å². The molecule has 0 spiro atoms.